The first-order valence-corrected chi connectivity index (χ1v) is 7.79. The maximum atomic E-state index is 9.85. The molecule has 16 heavy (non-hydrogen) atoms. The van der Waals surface area contributed by atoms with Gasteiger partial charge in [-0.1, -0.05) is 22.9 Å². The molecule has 2 aliphatic rings. The topological polar surface area (TPSA) is 23.5 Å². The van der Waals surface area contributed by atoms with Gasteiger partial charge in [0, 0.05) is 24.3 Å². The van der Waals surface area contributed by atoms with Gasteiger partial charge in [0.25, 0.3) is 0 Å². The molecule has 4 atom stereocenters. The smallest absolute Gasteiger partial charge is 0.0583 e. The lowest BCUT2D eigenvalue weighted by Crippen LogP contribution is -2.26. The molecule has 2 nitrogen and oxygen atoms in total. The monoisotopic (exact) mass is 289 g/mol. The summed E-state index contributed by atoms with van der Waals surface area (Å²) in [6.07, 6.45) is 4.88. The number of hydrogen-bond donors (Lipinski definition) is 1. The Morgan fingerprint density at radius 3 is 2.81 bits per heavy atom. The van der Waals surface area contributed by atoms with E-state index in [1.54, 1.807) is 0 Å². The quantitative estimate of drug-likeness (QED) is 0.786. The van der Waals surface area contributed by atoms with Crippen molar-refractivity contribution in [3.05, 3.63) is 0 Å². The maximum absolute atomic E-state index is 9.85. The highest BCUT2D eigenvalue weighted by atomic mass is 79.9. The summed E-state index contributed by atoms with van der Waals surface area (Å²) < 4.78 is 0. The average molecular weight is 290 g/mol. The van der Waals surface area contributed by atoms with Gasteiger partial charge in [0.05, 0.1) is 6.10 Å². The second kappa shape index (κ2) is 5.83. The molecule has 0 spiro atoms. The summed E-state index contributed by atoms with van der Waals surface area (Å²) in [5.41, 5.74) is 0. The van der Waals surface area contributed by atoms with Crippen LogP contribution in [0.1, 0.15) is 32.6 Å². The lowest BCUT2D eigenvalue weighted by Gasteiger charge is -2.19. The van der Waals surface area contributed by atoms with Crippen molar-refractivity contribution >= 4 is 15.9 Å². The van der Waals surface area contributed by atoms with Crippen LogP contribution in [0.15, 0.2) is 0 Å². The standard InChI is InChI=1S/C13H24BrNO/c1-10(4-6-14)5-7-15-8-11-2-3-13(16)12(11)9-15/h10-13,16H,2-9H2,1H3. The van der Waals surface area contributed by atoms with Crippen LogP contribution in [0.25, 0.3) is 0 Å². The molecule has 2 fully saturated rings. The fourth-order valence-electron chi connectivity index (χ4n) is 3.25. The van der Waals surface area contributed by atoms with Crippen LogP contribution in [-0.4, -0.2) is 41.1 Å². The van der Waals surface area contributed by atoms with E-state index in [1.807, 2.05) is 0 Å². The zero-order valence-corrected chi connectivity index (χ0v) is 11.8. The number of likely N-dealkylation sites (tertiary alicyclic amines) is 1. The molecule has 2 rings (SSSR count). The summed E-state index contributed by atoms with van der Waals surface area (Å²) in [7, 11) is 0. The van der Waals surface area contributed by atoms with Gasteiger partial charge in [0.2, 0.25) is 0 Å². The summed E-state index contributed by atoms with van der Waals surface area (Å²) in [5, 5.41) is 11.0. The Kier molecular flexibility index (Phi) is 4.68. The van der Waals surface area contributed by atoms with E-state index in [0.29, 0.717) is 5.92 Å². The first-order valence-electron chi connectivity index (χ1n) is 6.67. The molecule has 1 saturated carbocycles. The van der Waals surface area contributed by atoms with Crippen LogP contribution in [0, 0.1) is 17.8 Å². The number of aliphatic hydroxyl groups is 1. The van der Waals surface area contributed by atoms with Crippen molar-refractivity contribution < 1.29 is 5.11 Å². The van der Waals surface area contributed by atoms with Crippen LogP contribution in [0.5, 0.6) is 0 Å². The highest BCUT2D eigenvalue weighted by Gasteiger charge is 2.41. The molecule has 0 radical (unpaired) electrons. The van der Waals surface area contributed by atoms with Crippen molar-refractivity contribution in [3.8, 4) is 0 Å². The number of nitrogens with zero attached hydrogens (tertiary/aromatic N) is 1. The molecule has 1 N–H and O–H groups in total. The molecule has 1 saturated heterocycles. The summed E-state index contributed by atoms with van der Waals surface area (Å²) in [6.45, 7) is 5.95. The van der Waals surface area contributed by atoms with E-state index in [0.717, 1.165) is 30.1 Å². The molecule has 1 aliphatic heterocycles. The summed E-state index contributed by atoms with van der Waals surface area (Å²) in [5.74, 6) is 2.21. The number of fused-ring (bicyclic) bond motifs is 1. The molecule has 0 aromatic carbocycles. The van der Waals surface area contributed by atoms with E-state index >= 15 is 0 Å². The van der Waals surface area contributed by atoms with Crippen LogP contribution < -0.4 is 0 Å². The van der Waals surface area contributed by atoms with E-state index < -0.39 is 0 Å². The van der Waals surface area contributed by atoms with Gasteiger partial charge in [-0.25, -0.2) is 0 Å². The zero-order chi connectivity index (χ0) is 11.5. The Balaban J connectivity index is 1.69. The van der Waals surface area contributed by atoms with E-state index in [4.69, 9.17) is 0 Å². The number of halogens is 1. The first-order chi connectivity index (χ1) is 7.70. The second-order valence-corrected chi connectivity index (χ2v) is 6.49. The number of rotatable bonds is 5. The van der Waals surface area contributed by atoms with Crippen LogP contribution in [0.4, 0.5) is 0 Å². The Morgan fingerprint density at radius 1 is 1.31 bits per heavy atom. The Morgan fingerprint density at radius 2 is 2.12 bits per heavy atom. The minimum atomic E-state index is -0.00466. The van der Waals surface area contributed by atoms with Gasteiger partial charge in [-0.05, 0) is 44.1 Å². The van der Waals surface area contributed by atoms with Crippen molar-refractivity contribution in [2.24, 2.45) is 17.8 Å². The average Bonchev–Trinajstić information content (AvgIpc) is 2.79. The first kappa shape index (κ1) is 12.8. The summed E-state index contributed by atoms with van der Waals surface area (Å²) in [4.78, 5) is 2.57. The number of alkyl halides is 1. The Bertz CT molecular complexity index is 224. The Labute approximate surface area is 108 Å². The maximum Gasteiger partial charge on any atom is 0.0583 e. The molecule has 0 bridgehead atoms. The van der Waals surface area contributed by atoms with Crippen LogP contribution in [0.3, 0.4) is 0 Å². The third kappa shape index (κ3) is 2.99. The second-order valence-electron chi connectivity index (χ2n) is 5.70. The van der Waals surface area contributed by atoms with Crippen molar-refractivity contribution in [2.75, 3.05) is 25.0 Å². The van der Waals surface area contributed by atoms with Crippen LogP contribution >= 0.6 is 15.9 Å². The van der Waals surface area contributed by atoms with Crippen molar-refractivity contribution in [1.29, 1.82) is 0 Å². The number of aliphatic hydroxyl groups excluding tert-OH is 1. The van der Waals surface area contributed by atoms with Gasteiger partial charge in [-0.15, -0.1) is 0 Å². The predicted molar refractivity (Wildman–Crippen MR) is 70.9 cm³/mol. The number of hydrogen-bond acceptors (Lipinski definition) is 2. The third-order valence-corrected chi connectivity index (χ3v) is 4.89. The molecular weight excluding hydrogens is 266 g/mol. The minimum absolute atomic E-state index is 0.00466. The SMILES string of the molecule is CC(CCBr)CCN1CC2CCC(O)C2C1. The van der Waals surface area contributed by atoms with Crippen LogP contribution in [0.2, 0.25) is 0 Å². The highest BCUT2D eigenvalue weighted by molar-refractivity contribution is 9.09. The van der Waals surface area contributed by atoms with Gasteiger partial charge < -0.3 is 10.0 Å². The van der Waals surface area contributed by atoms with Gasteiger partial charge >= 0.3 is 0 Å². The predicted octanol–water partition coefficient (Wildman–Crippen LogP) is 2.50. The molecular formula is C13H24BrNO. The Hall–Kier alpha value is 0.400. The van der Waals surface area contributed by atoms with Crippen LogP contribution in [-0.2, 0) is 0 Å². The highest BCUT2D eigenvalue weighted by Crippen LogP contribution is 2.38. The zero-order valence-electron chi connectivity index (χ0n) is 10.2. The lowest BCUT2D eigenvalue weighted by atomic mass is 10.00. The van der Waals surface area contributed by atoms with Crippen molar-refractivity contribution in [3.63, 3.8) is 0 Å². The molecule has 94 valence electrons. The minimum Gasteiger partial charge on any atom is -0.393 e. The van der Waals surface area contributed by atoms with E-state index in [9.17, 15) is 5.11 Å². The van der Waals surface area contributed by atoms with Gasteiger partial charge in [-0.3, -0.25) is 0 Å². The van der Waals surface area contributed by atoms with E-state index in [1.165, 1.54) is 32.4 Å². The van der Waals surface area contributed by atoms with Crippen molar-refractivity contribution in [1.82, 2.24) is 4.90 Å². The molecule has 1 aliphatic carbocycles. The van der Waals surface area contributed by atoms with Gasteiger partial charge in [0.15, 0.2) is 0 Å². The summed E-state index contributed by atoms with van der Waals surface area (Å²) in [6, 6.07) is 0. The van der Waals surface area contributed by atoms with Crippen molar-refractivity contribution in [2.45, 2.75) is 38.7 Å². The largest absolute Gasteiger partial charge is 0.393 e. The van der Waals surface area contributed by atoms with Gasteiger partial charge in [0.1, 0.15) is 0 Å². The van der Waals surface area contributed by atoms with E-state index in [-0.39, 0.29) is 6.10 Å². The fourth-order valence-corrected chi connectivity index (χ4v) is 4.03. The fraction of sp³-hybridized carbons (Fsp3) is 1.00. The summed E-state index contributed by atoms with van der Waals surface area (Å²) >= 11 is 3.50. The van der Waals surface area contributed by atoms with E-state index in [2.05, 4.69) is 27.8 Å². The molecule has 0 aromatic heterocycles. The molecule has 3 heteroatoms. The molecule has 0 amide bonds. The normalized spacial score (nSPS) is 36.6. The lowest BCUT2D eigenvalue weighted by molar-refractivity contribution is 0.123. The molecule has 4 unspecified atom stereocenters. The third-order valence-electron chi connectivity index (χ3n) is 4.43. The molecule has 1 heterocycles. The van der Waals surface area contributed by atoms with Gasteiger partial charge in [-0.2, -0.15) is 0 Å². The molecule has 0 aromatic rings.